The molecule has 0 aromatic heterocycles. The van der Waals surface area contributed by atoms with Crippen LogP contribution in [0.4, 0.5) is 0 Å². The van der Waals surface area contributed by atoms with E-state index < -0.39 is 0 Å². The smallest absolute Gasteiger partial charge is 0.00622 e. The Morgan fingerprint density at radius 2 is 2.00 bits per heavy atom. The topological polar surface area (TPSA) is 0 Å². The lowest BCUT2D eigenvalue weighted by Gasteiger charge is -1.94. The first-order valence-corrected chi connectivity index (χ1v) is 4.81. The summed E-state index contributed by atoms with van der Waals surface area (Å²) in [6, 6.07) is 8.49. The molecular weight excluding hydrogens is 168 g/mol. The second kappa shape index (κ2) is 5.26. The molecule has 14 heavy (non-hydrogen) atoms. The molecule has 0 spiro atoms. The third-order valence-corrected chi connectivity index (χ3v) is 2.11. The zero-order chi connectivity index (χ0) is 10.4. The van der Waals surface area contributed by atoms with Crippen molar-refractivity contribution >= 4 is 6.08 Å². The molecule has 0 amide bonds. The Kier molecular flexibility index (Phi) is 3.97. The predicted octanol–water partition coefficient (Wildman–Crippen LogP) is 4.13. The molecule has 0 N–H and O–H groups in total. The van der Waals surface area contributed by atoms with Crippen molar-refractivity contribution in [3.05, 3.63) is 59.4 Å². The van der Waals surface area contributed by atoms with Gasteiger partial charge in [0.25, 0.3) is 0 Å². The van der Waals surface area contributed by atoms with Crippen LogP contribution in [0.1, 0.15) is 24.5 Å². The van der Waals surface area contributed by atoms with Gasteiger partial charge in [-0.15, -0.1) is 5.73 Å². The molecule has 0 heterocycles. The predicted molar refractivity (Wildman–Crippen MR) is 63.2 cm³/mol. The lowest BCUT2D eigenvalue weighted by molar-refractivity contribution is 1.23. The fourth-order valence-electron chi connectivity index (χ4n) is 1.12. The highest BCUT2D eigenvalue weighted by Crippen LogP contribution is 2.07. The van der Waals surface area contributed by atoms with Crippen molar-refractivity contribution in [2.24, 2.45) is 0 Å². The van der Waals surface area contributed by atoms with Crippen molar-refractivity contribution in [3.63, 3.8) is 0 Å². The van der Waals surface area contributed by atoms with E-state index in [0.29, 0.717) is 0 Å². The summed E-state index contributed by atoms with van der Waals surface area (Å²) in [6.07, 6.45) is 5.19. The molecule has 0 unspecified atom stereocenters. The number of rotatable bonds is 3. The Balaban J connectivity index is 2.60. The summed E-state index contributed by atoms with van der Waals surface area (Å²) < 4.78 is 0. The van der Waals surface area contributed by atoms with Crippen molar-refractivity contribution in [1.29, 1.82) is 0 Å². The van der Waals surface area contributed by atoms with Gasteiger partial charge in [0.15, 0.2) is 0 Å². The van der Waals surface area contributed by atoms with E-state index in [9.17, 15) is 0 Å². The summed E-state index contributed by atoms with van der Waals surface area (Å²) in [5.74, 6) is 0. The Morgan fingerprint density at radius 1 is 1.36 bits per heavy atom. The third-order valence-electron chi connectivity index (χ3n) is 2.11. The maximum atomic E-state index is 3.60. The van der Waals surface area contributed by atoms with Gasteiger partial charge in [-0.05, 0) is 31.4 Å². The minimum Gasteiger partial charge on any atom is -0.130 e. The van der Waals surface area contributed by atoms with Gasteiger partial charge in [0, 0.05) is 0 Å². The molecule has 1 aromatic carbocycles. The van der Waals surface area contributed by atoms with Gasteiger partial charge in [0.05, 0.1) is 0 Å². The van der Waals surface area contributed by atoms with E-state index in [1.807, 2.05) is 6.92 Å². The Bertz CT molecular complexity index is 360. The second-order valence-electron chi connectivity index (χ2n) is 3.47. The van der Waals surface area contributed by atoms with Crippen LogP contribution in [-0.4, -0.2) is 0 Å². The molecule has 0 aliphatic heterocycles. The van der Waals surface area contributed by atoms with E-state index >= 15 is 0 Å². The lowest BCUT2D eigenvalue weighted by Crippen LogP contribution is -1.74. The van der Waals surface area contributed by atoms with Gasteiger partial charge in [-0.1, -0.05) is 48.6 Å². The molecule has 0 heteroatoms. The maximum Gasteiger partial charge on any atom is -0.00622 e. The van der Waals surface area contributed by atoms with Crippen LogP contribution in [0.2, 0.25) is 0 Å². The van der Waals surface area contributed by atoms with Crippen LogP contribution in [-0.2, 0) is 0 Å². The molecule has 0 saturated heterocycles. The van der Waals surface area contributed by atoms with Crippen LogP contribution in [0.3, 0.4) is 0 Å². The number of hydrogen-bond acceptors (Lipinski definition) is 0. The third kappa shape index (κ3) is 3.47. The highest BCUT2D eigenvalue weighted by Gasteiger charge is 1.86. The Hall–Kier alpha value is -1.52. The molecule has 72 valence electrons. The molecule has 1 rings (SSSR count). The van der Waals surface area contributed by atoms with Gasteiger partial charge in [0.1, 0.15) is 0 Å². The molecule has 0 atom stereocenters. The van der Waals surface area contributed by atoms with E-state index in [4.69, 9.17) is 0 Å². The maximum absolute atomic E-state index is 3.60. The molecule has 0 aliphatic carbocycles. The minimum atomic E-state index is 0.928. The normalized spacial score (nSPS) is 10.1. The zero-order valence-corrected chi connectivity index (χ0v) is 8.88. The van der Waals surface area contributed by atoms with E-state index in [0.717, 1.165) is 6.42 Å². The van der Waals surface area contributed by atoms with Gasteiger partial charge in [-0.2, -0.15) is 0 Å². The zero-order valence-electron chi connectivity index (χ0n) is 8.88. The van der Waals surface area contributed by atoms with Crippen molar-refractivity contribution in [3.8, 4) is 0 Å². The first-order valence-electron chi connectivity index (χ1n) is 4.81. The first kappa shape index (κ1) is 10.6. The van der Waals surface area contributed by atoms with Crippen molar-refractivity contribution in [2.45, 2.75) is 20.3 Å². The first-order chi connectivity index (χ1) is 6.72. The summed E-state index contributed by atoms with van der Waals surface area (Å²) in [4.78, 5) is 0. The van der Waals surface area contributed by atoms with Crippen molar-refractivity contribution in [1.82, 2.24) is 0 Å². The van der Waals surface area contributed by atoms with Gasteiger partial charge >= 0.3 is 0 Å². The van der Waals surface area contributed by atoms with Crippen LogP contribution >= 0.6 is 0 Å². The van der Waals surface area contributed by atoms with E-state index in [-0.39, 0.29) is 0 Å². The molecule has 0 nitrogen and oxygen atoms in total. The van der Waals surface area contributed by atoms with Gasteiger partial charge in [-0.25, -0.2) is 0 Å². The van der Waals surface area contributed by atoms with E-state index in [2.05, 4.69) is 55.7 Å². The van der Waals surface area contributed by atoms with Crippen LogP contribution in [0.5, 0.6) is 0 Å². The lowest BCUT2D eigenvalue weighted by atomic mass is 10.1. The monoisotopic (exact) mass is 184 g/mol. The summed E-state index contributed by atoms with van der Waals surface area (Å²) in [5.41, 5.74) is 6.59. The van der Waals surface area contributed by atoms with Crippen molar-refractivity contribution in [2.75, 3.05) is 0 Å². The minimum absolute atomic E-state index is 0.928. The average molecular weight is 184 g/mol. The molecule has 0 saturated carbocycles. The molecule has 0 aliphatic rings. The summed E-state index contributed by atoms with van der Waals surface area (Å²) in [7, 11) is 0. The Labute approximate surface area is 86.3 Å². The SMILES string of the molecule is C=C=C(C)C/C=C\c1ccc(C)cc1. The molecule has 0 radical (unpaired) electrons. The quantitative estimate of drug-likeness (QED) is 0.620. The number of hydrogen-bond donors (Lipinski definition) is 0. The molecular formula is C14H16. The van der Waals surface area contributed by atoms with Crippen molar-refractivity contribution < 1.29 is 0 Å². The molecule has 0 fully saturated rings. The fraction of sp³-hybridized carbons (Fsp3) is 0.214. The highest BCUT2D eigenvalue weighted by molar-refractivity contribution is 5.49. The second-order valence-corrected chi connectivity index (χ2v) is 3.47. The molecule has 1 aromatic rings. The van der Waals surface area contributed by atoms with Gasteiger partial charge in [-0.3, -0.25) is 0 Å². The fourth-order valence-corrected chi connectivity index (χ4v) is 1.12. The van der Waals surface area contributed by atoms with Gasteiger partial charge in [0.2, 0.25) is 0 Å². The van der Waals surface area contributed by atoms with E-state index in [1.165, 1.54) is 16.7 Å². The standard InChI is InChI=1S/C14H16/c1-4-12(2)6-5-7-14-10-8-13(3)9-11-14/h5,7-11H,1,6H2,2-3H3/b7-5-. The van der Waals surface area contributed by atoms with Crippen LogP contribution in [0.15, 0.2) is 48.2 Å². The van der Waals surface area contributed by atoms with Gasteiger partial charge < -0.3 is 0 Å². The molecule has 0 bridgehead atoms. The Morgan fingerprint density at radius 3 is 2.57 bits per heavy atom. The van der Waals surface area contributed by atoms with Crippen LogP contribution < -0.4 is 0 Å². The van der Waals surface area contributed by atoms with Crippen LogP contribution in [0, 0.1) is 6.92 Å². The summed E-state index contributed by atoms with van der Waals surface area (Å²) >= 11 is 0. The summed E-state index contributed by atoms with van der Waals surface area (Å²) in [6.45, 7) is 7.73. The highest BCUT2D eigenvalue weighted by atomic mass is 13.9. The van der Waals surface area contributed by atoms with E-state index in [1.54, 1.807) is 0 Å². The average Bonchev–Trinajstić information content (AvgIpc) is 2.21. The number of benzene rings is 1. The number of allylic oxidation sites excluding steroid dienone is 2. The summed E-state index contributed by atoms with van der Waals surface area (Å²) in [5, 5.41) is 0. The largest absolute Gasteiger partial charge is 0.130 e. The number of aryl methyl sites for hydroxylation is 1. The van der Waals surface area contributed by atoms with Crippen LogP contribution in [0.25, 0.3) is 6.08 Å².